The Bertz CT molecular complexity index is 1130. The number of aryl methyl sites for hydroxylation is 1. The van der Waals surface area contributed by atoms with Crippen molar-refractivity contribution in [2.75, 3.05) is 43.4 Å². The Morgan fingerprint density at radius 2 is 1.65 bits per heavy atom. The van der Waals surface area contributed by atoms with Crippen LogP contribution in [0.3, 0.4) is 0 Å². The van der Waals surface area contributed by atoms with Gasteiger partial charge in [0.15, 0.2) is 17.4 Å². The van der Waals surface area contributed by atoms with Crippen LogP contribution >= 0.6 is 0 Å². The highest BCUT2D eigenvalue weighted by Gasteiger charge is 2.31. The van der Waals surface area contributed by atoms with Crippen molar-refractivity contribution in [2.45, 2.75) is 57.2 Å². The van der Waals surface area contributed by atoms with Crippen molar-refractivity contribution < 1.29 is 32.1 Å². The zero-order valence-electron chi connectivity index (χ0n) is 20.9. The lowest BCUT2D eigenvalue weighted by atomic mass is 9.90. The van der Waals surface area contributed by atoms with Crippen molar-refractivity contribution in [1.29, 1.82) is 0 Å². The molecule has 0 unspecified atom stereocenters. The van der Waals surface area contributed by atoms with E-state index in [9.17, 15) is 22.3 Å². The average Bonchev–Trinajstić information content (AvgIpc) is 2.91. The number of hydrogen-bond acceptors (Lipinski definition) is 8. The summed E-state index contributed by atoms with van der Waals surface area (Å²) in [6.45, 7) is 2.99. The van der Waals surface area contributed by atoms with Gasteiger partial charge < -0.3 is 19.8 Å². The molecular weight excluding hydrogens is 506 g/mol. The van der Waals surface area contributed by atoms with Crippen LogP contribution in [0.1, 0.15) is 49.7 Å². The molecule has 3 heterocycles. The zero-order valence-corrected chi connectivity index (χ0v) is 21.7. The zero-order chi connectivity index (χ0) is 26.6. The standard InChI is InChI=1S/C25H34F2N4O5S/c1-2-17-13-28-25(29-14-17)30-7-5-21(6-8-30)36-24-22(26)11-19(12-23(24)27)18-3-9-31(10-4-18)37(34,35)16-20(33)15-32/h11-14,18,20-21,32-33H,2-10,15-16H2,1H3/t20-/m0/s1. The van der Waals surface area contributed by atoms with Gasteiger partial charge in [-0.25, -0.2) is 31.5 Å². The smallest absolute Gasteiger partial charge is 0.225 e. The van der Waals surface area contributed by atoms with Crippen molar-refractivity contribution in [2.24, 2.45) is 0 Å². The van der Waals surface area contributed by atoms with E-state index in [1.165, 1.54) is 16.4 Å². The number of piperidine rings is 2. The quantitative estimate of drug-likeness (QED) is 0.498. The van der Waals surface area contributed by atoms with Crippen molar-refractivity contribution in [1.82, 2.24) is 14.3 Å². The molecule has 0 saturated carbocycles. The second kappa shape index (κ2) is 12.0. The molecule has 0 radical (unpaired) electrons. The molecular formula is C25H34F2N4O5S. The van der Waals surface area contributed by atoms with Gasteiger partial charge in [0.2, 0.25) is 16.0 Å². The van der Waals surface area contributed by atoms with E-state index in [0.717, 1.165) is 12.0 Å². The van der Waals surface area contributed by atoms with Gasteiger partial charge in [-0.15, -0.1) is 0 Å². The summed E-state index contributed by atoms with van der Waals surface area (Å²) in [4.78, 5) is 10.8. The third-order valence-corrected chi connectivity index (χ3v) is 9.02. The Balaban J connectivity index is 1.33. The summed E-state index contributed by atoms with van der Waals surface area (Å²) in [6.07, 6.45) is 4.76. The first-order chi connectivity index (χ1) is 17.7. The number of halogens is 2. The van der Waals surface area contributed by atoms with Gasteiger partial charge in [0.05, 0.1) is 18.5 Å². The SMILES string of the molecule is CCc1cnc(N2CCC(Oc3c(F)cc(C4CCN(S(=O)(=O)C[C@@H](O)CO)CC4)cc3F)CC2)nc1. The summed E-state index contributed by atoms with van der Waals surface area (Å²) < 4.78 is 61.6. The number of rotatable bonds is 9. The number of sulfonamides is 1. The van der Waals surface area contributed by atoms with Gasteiger partial charge in [-0.1, -0.05) is 6.92 Å². The fourth-order valence-corrected chi connectivity index (χ4v) is 6.40. The van der Waals surface area contributed by atoms with Crippen molar-refractivity contribution in [3.63, 3.8) is 0 Å². The van der Waals surface area contributed by atoms with Crippen LogP contribution in [0.4, 0.5) is 14.7 Å². The van der Waals surface area contributed by atoms with E-state index in [0.29, 0.717) is 50.3 Å². The van der Waals surface area contributed by atoms with Crippen LogP contribution in [-0.2, 0) is 16.4 Å². The molecule has 37 heavy (non-hydrogen) atoms. The van der Waals surface area contributed by atoms with Crippen LogP contribution in [0, 0.1) is 11.6 Å². The van der Waals surface area contributed by atoms with E-state index in [2.05, 4.69) is 9.97 Å². The predicted octanol–water partition coefficient (Wildman–Crippen LogP) is 2.23. The Hall–Kier alpha value is -2.41. The summed E-state index contributed by atoms with van der Waals surface area (Å²) in [5, 5.41) is 18.4. The van der Waals surface area contributed by atoms with E-state index in [-0.39, 0.29) is 30.9 Å². The minimum atomic E-state index is -3.72. The van der Waals surface area contributed by atoms with Crippen LogP contribution in [0.15, 0.2) is 24.5 Å². The lowest BCUT2D eigenvalue weighted by Gasteiger charge is -2.33. The summed E-state index contributed by atoms with van der Waals surface area (Å²) >= 11 is 0. The van der Waals surface area contributed by atoms with Crippen LogP contribution in [0.5, 0.6) is 5.75 Å². The molecule has 12 heteroatoms. The molecule has 2 fully saturated rings. The van der Waals surface area contributed by atoms with Gasteiger partial charge in [0.25, 0.3) is 0 Å². The van der Waals surface area contributed by atoms with Crippen LogP contribution in [0.2, 0.25) is 0 Å². The minimum Gasteiger partial charge on any atom is -0.484 e. The minimum absolute atomic E-state index is 0.177. The number of aliphatic hydroxyl groups is 2. The number of anilines is 1. The molecule has 2 aliphatic rings. The topological polar surface area (TPSA) is 116 Å². The molecule has 0 bridgehead atoms. The lowest BCUT2D eigenvalue weighted by Crippen LogP contribution is -2.42. The lowest BCUT2D eigenvalue weighted by molar-refractivity contribution is 0.111. The Morgan fingerprint density at radius 1 is 1.05 bits per heavy atom. The summed E-state index contributed by atoms with van der Waals surface area (Å²) in [7, 11) is -3.72. The largest absolute Gasteiger partial charge is 0.484 e. The van der Waals surface area contributed by atoms with Crippen LogP contribution in [0.25, 0.3) is 0 Å². The molecule has 2 aliphatic heterocycles. The van der Waals surface area contributed by atoms with E-state index < -0.39 is 40.1 Å². The van der Waals surface area contributed by atoms with E-state index >= 15 is 0 Å². The number of hydrogen-bond donors (Lipinski definition) is 2. The predicted molar refractivity (Wildman–Crippen MR) is 134 cm³/mol. The highest BCUT2D eigenvalue weighted by molar-refractivity contribution is 7.89. The molecule has 4 rings (SSSR count). The van der Waals surface area contributed by atoms with Crippen molar-refractivity contribution >= 4 is 16.0 Å². The maximum Gasteiger partial charge on any atom is 0.225 e. The first-order valence-electron chi connectivity index (χ1n) is 12.7. The molecule has 2 saturated heterocycles. The second-order valence-electron chi connectivity index (χ2n) is 9.65. The summed E-state index contributed by atoms with van der Waals surface area (Å²) in [6, 6.07) is 2.56. The Morgan fingerprint density at radius 3 is 2.19 bits per heavy atom. The fraction of sp³-hybridized carbons (Fsp3) is 0.600. The first kappa shape index (κ1) is 27.6. The molecule has 2 aromatic rings. The third-order valence-electron chi connectivity index (χ3n) is 7.06. The molecule has 204 valence electrons. The van der Waals surface area contributed by atoms with E-state index in [1.54, 1.807) is 0 Å². The normalized spacial score (nSPS) is 19.2. The van der Waals surface area contributed by atoms with Crippen molar-refractivity contribution in [3.05, 3.63) is 47.3 Å². The Kier molecular flexibility index (Phi) is 8.94. The molecule has 1 aromatic heterocycles. The highest BCUT2D eigenvalue weighted by atomic mass is 32.2. The fourth-order valence-electron chi connectivity index (χ4n) is 4.83. The maximum absolute atomic E-state index is 14.9. The van der Waals surface area contributed by atoms with Crippen LogP contribution in [-0.4, -0.2) is 83.7 Å². The molecule has 9 nitrogen and oxygen atoms in total. The number of aromatic nitrogens is 2. The monoisotopic (exact) mass is 540 g/mol. The number of ether oxygens (including phenoxy) is 1. The van der Waals surface area contributed by atoms with Gasteiger partial charge in [-0.05, 0) is 48.4 Å². The molecule has 1 atom stereocenters. The van der Waals surface area contributed by atoms with E-state index in [1.807, 2.05) is 24.2 Å². The van der Waals surface area contributed by atoms with Gasteiger partial charge in [-0.2, -0.15) is 0 Å². The van der Waals surface area contributed by atoms with Gasteiger partial charge in [0, 0.05) is 51.4 Å². The summed E-state index contributed by atoms with van der Waals surface area (Å²) in [5.74, 6) is -2.03. The highest BCUT2D eigenvalue weighted by Crippen LogP contribution is 2.34. The maximum atomic E-state index is 14.9. The van der Waals surface area contributed by atoms with Gasteiger partial charge in [0.1, 0.15) is 6.10 Å². The van der Waals surface area contributed by atoms with Gasteiger partial charge in [-0.3, -0.25) is 0 Å². The molecule has 0 spiro atoms. The number of nitrogens with zero attached hydrogens (tertiary/aromatic N) is 4. The van der Waals surface area contributed by atoms with E-state index in [4.69, 9.17) is 9.84 Å². The Labute approximate surface area is 216 Å². The molecule has 2 N–H and O–H groups in total. The molecule has 0 amide bonds. The average molecular weight is 541 g/mol. The molecule has 1 aromatic carbocycles. The summed E-state index contributed by atoms with van der Waals surface area (Å²) in [5.41, 5.74) is 1.53. The number of aliphatic hydroxyl groups excluding tert-OH is 2. The first-order valence-corrected chi connectivity index (χ1v) is 14.3. The molecule has 0 aliphatic carbocycles. The third kappa shape index (κ3) is 6.73. The van der Waals surface area contributed by atoms with Crippen molar-refractivity contribution in [3.8, 4) is 5.75 Å². The van der Waals surface area contributed by atoms with Crippen LogP contribution < -0.4 is 9.64 Å². The second-order valence-corrected chi connectivity index (χ2v) is 11.7. The number of benzene rings is 1. The van der Waals surface area contributed by atoms with Gasteiger partial charge >= 0.3 is 0 Å².